The van der Waals surface area contributed by atoms with Crippen LogP contribution in [0.4, 0.5) is 11.4 Å². The van der Waals surface area contributed by atoms with Crippen molar-refractivity contribution in [3.05, 3.63) is 125 Å². The number of guanidine groups is 1. The predicted octanol–water partition coefficient (Wildman–Crippen LogP) is 5.58. The summed E-state index contributed by atoms with van der Waals surface area (Å²) in [7, 11) is 0. The number of hydrogen-bond acceptors (Lipinski definition) is 8. The maximum absolute atomic E-state index is 12.6. The second-order valence-corrected chi connectivity index (χ2v) is 11.5. The Hall–Kier alpha value is -6.16. The van der Waals surface area contributed by atoms with Gasteiger partial charge in [-0.05, 0) is 87.0 Å². The summed E-state index contributed by atoms with van der Waals surface area (Å²) in [4.78, 5) is 33.8. The van der Waals surface area contributed by atoms with Crippen LogP contribution < -0.4 is 26.6 Å². The second-order valence-electron chi connectivity index (χ2n) is 11.5. The number of carbonyl (C=O) groups excluding carboxylic acids is 2. The van der Waals surface area contributed by atoms with Gasteiger partial charge < -0.3 is 41.2 Å². The van der Waals surface area contributed by atoms with Gasteiger partial charge >= 0.3 is 0 Å². The molecule has 0 spiro atoms. The summed E-state index contributed by atoms with van der Waals surface area (Å²) in [6, 6.07) is 30.9. The number of nitrogens with one attached hydrogen (secondary N) is 5. The smallest absolute Gasteiger partial charge is 0.251 e. The highest BCUT2D eigenvalue weighted by atomic mass is 16.5. The fourth-order valence-electron chi connectivity index (χ4n) is 4.59. The van der Waals surface area contributed by atoms with Crippen LogP contribution in [0.2, 0.25) is 0 Å². The normalized spacial score (nSPS) is 11.0. The Morgan fingerprint density at radius 2 is 1.42 bits per heavy atom. The van der Waals surface area contributed by atoms with Crippen LogP contribution in [-0.4, -0.2) is 74.9 Å². The molecular weight excluding hydrogens is 670 g/mol. The molecule has 12 nitrogen and oxygen atoms in total. The molecule has 0 aromatic heterocycles. The van der Waals surface area contributed by atoms with Crippen molar-refractivity contribution in [3.8, 4) is 18.1 Å². The number of aryl methyl sites for hydroxylation is 1. The van der Waals surface area contributed by atoms with E-state index in [9.17, 15) is 14.7 Å². The summed E-state index contributed by atoms with van der Waals surface area (Å²) in [5.41, 5.74) is 4.91. The lowest BCUT2D eigenvalue weighted by atomic mass is 10.1. The van der Waals surface area contributed by atoms with Gasteiger partial charge in [0.05, 0.1) is 38.8 Å². The van der Waals surface area contributed by atoms with E-state index in [2.05, 4.69) is 55.0 Å². The van der Waals surface area contributed by atoms with Crippen LogP contribution in [0.25, 0.3) is 0 Å². The number of phenols is 1. The van der Waals surface area contributed by atoms with Gasteiger partial charge in [0.2, 0.25) is 5.96 Å². The van der Waals surface area contributed by atoms with E-state index in [1.807, 2.05) is 62.4 Å². The number of amidine groups is 1. The molecule has 0 aliphatic carbocycles. The molecule has 0 heterocycles. The number of terminal acetylenes is 1. The molecule has 12 heteroatoms. The fraction of sp³-hybridized carbons (Fsp3) is 0.268. The van der Waals surface area contributed by atoms with Crippen LogP contribution in [-0.2, 0) is 16.0 Å². The first-order valence-electron chi connectivity index (χ1n) is 17.2. The van der Waals surface area contributed by atoms with Crippen molar-refractivity contribution in [2.45, 2.75) is 27.3 Å². The van der Waals surface area contributed by atoms with Crippen molar-refractivity contribution in [1.82, 2.24) is 16.0 Å². The van der Waals surface area contributed by atoms with E-state index < -0.39 is 0 Å². The van der Waals surface area contributed by atoms with Crippen LogP contribution >= 0.6 is 0 Å². The molecule has 53 heavy (non-hydrogen) atoms. The van der Waals surface area contributed by atoms with E-state index in [0.717, 1.165) is 22.5 Å². The highest BCUT2D eigenvalue weighted by Crippen LogP contribution is 2.14. The van der Waals surface area contributed by atoms with Gasteiger partial charge in [-0.2, -0.15) is 0 Å². The SMILES string of the molecule is C#CC.CC(=NCCOCCOCCNC(=O)c1ccccc1)N/C(=N\CNc1ccc(C(=O)NCc2cccc(C)c2)cc1)Nc1ccc(O)cc1. The number of amides is 2. The number of benzene rings is 4. The average molecular weight is 720 g/mol. The summed E-state index contributed by atoms with van der Waals surface area (Å²) < 4.78 is 11.1. The van der Waals surface area contributed by atoms with Crippen molar-refractivity contribution in [3.63, 3.8) is 0 Å². The molecule has 0 saturated heterocycles. The van der Waals surface area contributed by atoms with E-state index in [0.29, 0.717) is 69.0 Å². The minimum absolute atomic E-state index is 0.128. The molecule has 0 fully saturated rings. The zero-order valence-corrected chi connectivity index (χ0v) is 30.5. The molecule has 278 valence electrons. The lowest BCUT2D eigenvalue weighted by Gasteiger charge is -2.13. The van der Waals surface area contributed by atoms with E-state index in [1.165, 1.54) is 0 Å². The summed E-state index contributed by atoms with van der Waals surface area (Å²) in [6.07, 6.45) is 4.60. The number of aliphatic imine (C=N–C) groups is 2. The number of carbonyl (C=O) groups is 2. The van der Waals surface area contributed by atoms with Gasteiger partial charge in [0.1, 0.15) is 12.4 Å². The van der Waals surface area contributed by atoms with Crippen LogP contribution in [0.1, 0.15) is 45.7 Å². The van der Waals surface area contributed by atoms with Gasteiger partial charge in [-0.3, -0.25) is 14.6 Å². The Kier molecular flexibility index (Phi) is 18.8. The first-order valence-corrected chi connectivity index (χ1v) is 17.2. The Morgan fingerprint density at radius 3 is 2.11 bits per heavy atom. The molecule has 4 aromatic carbocycles. The highest BCUT2D eigenvalue weighted by Gasteiger charge is 2.07. The van der Waals surface area contributed by atoms with Gasteiger partial charge in [-0.25, -0.2) is 4.99 Å². The largest absolute Gasteiger partial charge is 0.508 e. The third-order valence-electron chi connectivity index (χ3n) is 7.16. The molecule has 2 amide bonds. The first kappa shape index (κ1) is 41.3. The molecule has 0 saturated carbocycles. The molecule has 4 aromatic rings. The van der Waals surface area contributed by atoms with Gasteiger partial charge in [-0.15, -0.1) is 12.3 Å². The standard InChI is InChI=1S/C38H45N7O5.C3H4/c1-28-7-6-8-30(25-28)26-41-37(48)32-11-13-33(14-12-32)42-27-43-38(45-34-15-17-35(46)18-16-34)44-29(2)39-19-21-49-23-24-50-22-20-40-36(47)31-9-4-3-5-10-31;1-3-2/h3-18,25,42,46H,19-24,26-27H2,1-2H3,(H,40,47)(H,41,48)(H2,39,43,44,45);1H,2H3. The predicted molar refractivity (Wildman–Crippen MR) is 212 cm³/mol. The van der Waals surface area contributed by atoms with Gasteiger partial charge in [0, 0.05) is 35.6 Å². The molecular formula is C41H49N7O5. The zero-order valence-electron chi connectivity index (χ0n) is 30.5. The second kappa shape index (κ2) is 24.1. The van der Waals surface area contributed by atoms with E-state index in [1.54, 1.807) is 55.5 Å². The number of nitrogens with zero attached hydrogens (tertiary/aromatic N) is 2. The van der Waals surface area contributed by atoms with Crippen LogP contribution in [0.5, 0.6) is 5.75 Å². The molecule has 0 atom stereocenters. The number of ether oxygens (including phenoxy) is 2. The minimum Gasteiger partial charge on any atom is -0.508 e. The fourth-order valence-corrected chi connectivity index (χ4v) is 4.59. The lowest BCUT2D eigenvalue weighted by Crippen LogP contribution is -2.35. The quantitative estimate of drug-likeness (QED) is 0.0272. The molecule has 0 bridgehead atoms. The molecule has 4 rings (SSSR count). The van der Waals surface area contributed by atoms with E-state index >= 15 is 0 Å². The maximum Gasteiger partial charge on any atom is 0.251 e. The van der Waals surface area contributed by atoms with Crippen molar-refractivity contribution in [2.24, 2.45) is 9.98 Å². The molecule has 0 aliphatic heterocycles. The third-order valence-corrected chi connectivity index (χ3v) is 7.16. The number of rotatable bonds is 17. The molecule has 0 radical (unpaired) electrons. The Bertz CT molecular complexity index is 1790. The van der Waals surface area contributed by atoms with Gasteiger partial charge in [-0.1, -0.05) is 48.0 Å². The average Bonchev–Trinajstić information content (AvgIpc) is 3.16. The topological polar surface area (TPSA) is 158 Å². The number of phenolic OH excluding ortho intramolecular Hbond substituents is 1. The minimum atomic E-state index is -0.143. The van der Waals surface area contributed by atoms with Gasteiger partial charge in [0.15, 0.2) is 0 Å². The summed E-state index contributed by atoms with van der Waals surface area (Å²) in [5.74, 6) is 3.22. The van der Waals surface area contributed by atoms with Crippen molar-refractivity contribution >= 4 is 35.0 Å². The lowest BCUT2D eigenvalue weighted by molar-refractivity contribution is 0.0512. The Balaban J connectivity index is 0.00000243. The monoisotopic (exact) mass is 719 g/mol. The highest BCUT2D eigenvalue weighted by molar-refractivity contribution is 6.05. The van der Waals surface area contributed by atoms with E-state index in [4.69, 9.17) is 9.47 Å². The number of anilines is 2. The van der Waals surface area contributed by atoms with Crippen molar-refractivity contribution < 1.29 is 24.2 Å². The van der Waals surface area contributed by atoms with Crippen LogP contribution in [0.15, 0.2) is 113 Å². The Labute approximate surface area is 312 Å². The van der Waals surface area contributed by atoms with Crippen LogP contribution in [0, 0.1) is 19.3 Å². The summed E-state index contributed by atoms with van der Waals surface area (Å²) in [6.45, 7) is 8.68. The van der Waals surface area contributed by atoms with Crippen molar-refractivity contribution in [2.75, 3.05) is 56.8 Å². The van der Waals surface area contributed by atoms with Crippen LogP contribution in [0.3, 0.4) is 0 Å². The molecule has 0 aliphatic rings. The van der Waals surface area contributed by atoms with Crippen molar-refractivity contribution in [1.29, 1.82) is 0 Å². The molecule has 6 N–H and O–H groups in total. The summed E-state index contributed by atoms with van der Waals surface area (Å²) in [5, 5.41) is 25.1. The third kappa shape index (κ3) is 17.1. The maximum atomic E-state index is 12.6. The van der Waals surface area contributed by atoms with Gasteiger partial charge in [0.25, 0.3) is 11.8 Å². The number of hydrogen-bond donors (Lipinski definition) is 6. The summed E-state index contributed by atoms with van der Waals surface area (Å²) >= 11 is 0. The molecule has 0 unspecified atom stereocenters. The zero-order chi connectivity index (χ0) is 38.1. The van der Waals surface area contributed by atoms with E-state index in [-0.39, 0.29) is 24.2 Å². The number of aromatic hydroxyl groups is 1. The Morgan fingerprint density at radius 1 is 0.774 bits per heavy atom. The first-order chi connectivity index (χ1) is 25.8.